The molecule has 0 aliphatic heterocycles. The minimum Gasteiger partial charge on any atom is -0.478 e. The molecule has 0 atom stereocenters. The summed E-state index contributed by atoms with van der Waals surface area (Å²) in [4.78, 5) is 15.5. The third-order valence-corrected chi connectivity index (χ3v) is 3.46. The van der Waals surface area contributed by atoms with Gasteiger partial charge in [0, 0.05) is 9.86 Å². The molecule has 104 valence electrons. The molecule has 0 saturated carbocycles. The van der Waals surface area contributed by atoms with Crippen molar-refractivity contribution in [2.75, 3.05) is 0 Å². The van der Waals surface area contributed by atoms with Gasteiger partial charge in [-0.3, -0.25) is 4.98 Å². The summed E-state index contributed by atoms with van der Waals surface area (Å²) in [5.41, 5.74) is 0.955. The highest BCUT2D eigenvalue weighted by Gasteiger charge is 2.13. The molecule has 0 aliphatic carbocycles. The lowest BCUT2D eigenvalue weighted by atomic mass is 10.2. The number of halogens is 1. The normalized spacial score (nSPS) is 10.5. The van der Waals surface area contributed by atoms with Crippen LogP contribution in [-0.4, -0.2) is 16.1 Å². The zero-order valence-corrected chi connectivity index (χ0v) is 12.4. The van der Waals surface area contributed by atoms with Crippen LogP contribution in [0.25, 0.3) is 10.9 Å². The number of aromatic carboxylic acids is 1. The second-order valence-electron chi connectivity index (χ2n) is 4.41. The van der Waals surface area contributed by atoms with E-state index in [9.17, 15) is 9.90 Å². The Hall–Kier alpha value is -2.40. The van der Waals surface area contributed by atoms with Crippen LogP contribution >= 0.6 is 15.9 Å². The maximum Gasteiger partial charge on any atom is 0.339 e. The van der Waals surface area contributed by atoms with E-state index in [0.717, 1.165) is 10.9 Å². The number of benzene rings is 2. The number of aromatic nitrogens is 1. The van der Waals surface area contributed by atoms with E-state index in [1.165, 1.54) is 6.07 Å². The van der Waals surface area contributed by atoms with Gasteiger partial charge in [-0.2, -0.15) is 0 Å². The van der Waals surface area contributed by atoms with Crippen LogP contribution in [0.3, 0.4) is 0 Å². The number of hydrogen-bond acceptors (Lipinski definition) is 3. The minimum atomic E-state index is -1.04. The van der Waals surface area contributed by atoms with Crippen molar-refractivity contribution in [2.45, 2.75) is 0 Å². The molecule has 0 fully saturated rings. The molecule has 4 nitrogen and oxygen atoms in total. The van der Waals surface area contributed by atoms with Crippen molar-refractivity contribution in [2.24, 2.45) is 0 Å². The van der Waals surface area contributed by atoms with Gasteiger partial charge < -0.3 is 9.84 Å². The molecule has 1 heterocycles. The minimum absolute atomic E-state index is 0.0949. The van der Waals surface area contributed by atoms with Gasteiger partial charge in [0.25, 0.3) is 0 Å². The monoisotopic (exact) mass is 343 g/mol. The fraction of sp³-hybridized carbons (Fsp3) is 0. The average molecular weight is 344 g/mol. The molecule has 0 spiro atoms. The maximum atomic E-state index is 11.3. The lowest BCUT2D eigenvalue weighted by Crippen LogP contribution is -2.00. The number of ether oxygens (including phenoxy) is 1. The molecule has 0 aliphatic rings. The van der Waals surface area contributed by atoms with E-state index in [0.29, 0.717) is 10.2 Å². The van der Waals surface area contributed by atoms with Gasteiger partial charge in [-0.1, -0.05) is 34.1 Å². The average Bonchev–Trinajstić information content (AvgIpc) is 2.49. The Morgan fingerprint density at radius 2 is 1.95 bits per heavy atom. The van der Waals surface area contributed by atoms with Gasteiger partial charge >= 0.3 is 5.97 Å². The smallest absolute Gasteiger partial charge is 0.339 e. The van der Waals surface area contributed by atoms with Crippen LogP contribution in [0, 0.1) is 0 Å². The van der Waals surface area contributed by atoms with Gasteiger partial charge in [-0.25, -0.2) is 4.79 Å². The Morgan fingerprint density at radius 3 is 2.76 bits per heavy atom. The highest BCUT2D eigenvalue weighted by atomic mass is 79.9. The molecule has 0 unspecified atom stereocenters. The zero-order valence-electron chi connectivity index (χ0n) is 10.8. The zero-order chi connectivity index (χ0) is 14.8. The van der Waals surface area contributed by atoms with E-state index in [1.54, 1.807) is 18.3 Å². The van der Waals surface area contributed by atoms with Crippen LogP contribution < -0.4 is 4.74 Å². The standard InChI is InChI=1S/C16H10BrNO3/c17-11-5-6-15(13(8-11)16(19)20)21-12-7-10-3-1-2-4-14(10)18-9-12/h1-9H,(H,19,20). The molecule has 0 amide bonds. The van der Waals surface area contributed by atoms with Crippen molar-refractivity contribution in [3.63, 3.8) is 0 Å². The highest BCUT2D eigenvalue weighted by molar-refractivity contribution is 9.10. The Labute approximate surface area is 129 Å². The van der Waals surface area contributed by atoms with E-state index in [4.69, 9.17) is 4.74 Å². The first-order chi connectivity index (χ1) is 10.1. The lowest BCUT2D eigenvalue weighted by molar-refractivity contribution is 0.0694. The van der Waals surface area contributed by atoms with Crippen molar-refractivity contribution < 1.29 is 14.6 Å². The van der Waals surface area contributed by atoms with Gasteiger partial charge in [0.2, 0.25) is 0 Å². The summed E-state index contributed by atoms with van der Waals surface area (Å²) in [7, 11) is 0. The first kappa shape index (κ1) is 13.6. The van der Waals surface area contributed by atoms with Gasteiger partial charge in [0.1, 0.15) is 17.1 Å². The number of para-hydroxylation sites is 1. The number of carboxylic acid groups (broad SMARTS) is 1. The van der Waals surface area contributed by atoms with Gasteiger partial charge in [0.05, 0.1) is 11.7 Å². The topological polar surface area (TPSA) is 59.4 Å². The molecular weight excluding hydrogens is 334 g/mol. The Morgan fingerprint density at radius 1 is 1.14 bits per heavy atom. The number of fused-ring (bicyclic) bond motifs is 1. The number of nitrogens with zero attached hydrogens (tertiary/aromatic N) is 1. The molecule has 3 aromatic rings. The van der Waals surface area contributed by atoms with Gasteiger partial charge in [-0.15, -0.1) is 0 Å². The number of carbonyl (C=O) groups is 1. The summed E-state index contributed by atoms with van der Waals surface area (Å²) >= 11 is 3.25. The first-order valence-corrected chi connectivity index (χ1v) is 6.98. The van der Waals surface area contributed by atoms with E-state index in [2.05, 4.69) is 20.9 Å². The highest BCUT2D eigenvalue weighted by Crippen LogP contribution is 2.29. The summed E-state index contributed by atoms with van der Waals surface area (Å²) in [5, 5.41) is 10.2. The van der Waals surface area contributed by atoms with Crippen LogP contribution in [0.5, 0.6) is 11.5 Å². The SMILES string of the molecule is O=C(O)c1cc(Br)ccc1Oc1cnc2ccccc2c1. The predicted octanol–water partition coefficient (Wildman–Crippen LogP) is 4.49. The summed E-state index contributed by atoms with van der Waals surface area (Å²) < 4.78 is 6.35. The van der Waals surface area contributed by atoms with Crippen molar-refractivity contribution >= 4 is 32.8 Å². The molecule has 0 radical (unpaired) electrons. The third kappa shape index (κ3) is 2.87. The molecule has 0 bridgehead atoms. The summed E-state index contributed by atoms with van der Waals surface area (Å²) in [5.74, 6) is -0.263. The second-order valence-corrected chi connectivity index (χ2v) is 5.33. The van der Waals surface area contributed by atoms with Gasteiger partial charge in [0.15, 0.2) is 0 Å². The fourth-order valence-electron chi connectivity index (χ4n) is 1.99. The van der Waals surface area contributed by atoms with Crippen molar-refractivity contribution in [1.82, 2.24) is 4.98 Å². The number of hydrogen-bond donors (Lipinski definition) is 1. The molecule has 21 heavy (non-hydrogen) atoms. The summed E-state index contributed by atoms with van der Waals surface area (Å²) in [6.07, 6.45) is 1.58. The van der Waals surface area contributed by atoms with E-state index < -0.39 is 5.97 Å². The van der Waals surface area contributed by atoms with Crippen LogP contribution in [-0.2, 0) is 0 Å². The molecule has 1 aromatic heterocycles. The van der Waals surface area contributed by atoms with Crippen molar-refractivity contribution in [3.05, 3.63) is 64.8 Å². The van der Waals surface area contributed by atoms with Crippen LogP contribution in [0.2, 0.25) is 0 Å². The third-order valence-electron chi connectivity index (χ3n) is 2.97. The largest absolute Gasteiger partial charge is 0.478 e. The maximum absolute atomic E-state index is 11.3. The van der Waals surface area contributed by atoms with E-state index >= 15 is 0 Å². The fourth-order valence-corrected chi connectivity index (χ4v) is 2.35. The Balaban J connectivity index is 2.00. The molecule has 5 heteroatoms. The van der Waals surface area contributed by atoms with Crippen molar-refractivity contribution in [1.29, 1.82) is 0 Å². The number of carboxylic acids is 1. The molecule has 2 aromatic carbocycles. The number of rotatable bonds is 3. The summed E-state index contributed by atoms with van der Waals surface area (Å²) in [6, 6.07) is 14.3. The Bertz CT molecular complexity index is 833. The van der Waals surface area contributed by atoms with E-state index in [-0.39, 0.29) is 11.3 Å². The molecule has 3 rings (SSSR count). The summed E-state index contributed by atoms with van der Waals surface area (Å²) in [6.45, 7) is 0. The predicted molar refractivity (Wildman–Crippen MR) is 82.9 cm³/mol. The van der Waals surface area contributed by atoms with Crippen LogP contribution in [0.1, 0.15) is 10.4 Å². The van der Waals surface area contributed by atoms with Gasteiger partial charge in [-0.05, 0) is 30.3 Å². The van der Waals surface area contributed by atoms with E-state index in [1.807, 2.05) is 30.3 Å². The quantitative estimate of drug-likeness (QED) is 0.761. The molecule has 0 saturated heterocycles. The first-order valence-electron chi connectivity index (χ1n) is 6.19. The van der Waals surface area contributed by atoms with Crippen LogP contribution in [0.4, 0.5) is 0 Å². The Kier molecular flexibility index (Phi) is 3.58. The second kappa shape index (κ2) is 5.54. The lowest BCUT2D eigenvalue weighted by Gasteiger charge is -2.09. The molecular formula is C16H10BrNO3. The van der Waals surface area contributed by atoms with Crippen molar-refractivity contribution in [3.8, 4) is 11.5 Å². The molecule has 1 N–H and O–H groups in total. The van der Waals surface area contributed by atoms with Crippen LogP contribution in [0.15, 0.2) is 59.2 Å². The number of pyridine rings is 1.